The number of para-hydroxylation sites is 1. The van der Waals surface area contributed by atoms with E-state index in [4.69, 9.17) is 0 Å². The maximum atomic E-state index is 12.2. The number of anilines is 1. The fraction of sp³-hybridized carbons (Fsp3) is 0.286. The van der Waals surface area contributed by atoms with Crippen LogP contribution in [0.4, 0.5) is 5.69 Å². The maximum Gasteiger partial charge on any atom is 0.228 e. The van der Waals surface area contributed by atoms with Crippen LogP contribution in [0.2, 0.25) is 0 Å². The third-order valence-corrected chi connectivity index (χ3v) is 3.36. The van der Waals surface area contributed by atoms with Gasteiger partial charge in [0.25, 0.3) is 0 Å². The van der Waals surface area contributed by atoms with E-state index in [0.717, 1.165) is 30.9 Å². The van der Waals surface area contributed by atoms with Crippen molar-refractivity contribution in [3.63, 3.8) is 0 Å². The van der Waals surface area contributed by atoms with Crippen LogP contribution in [0.5, 0.6) is 0 Å². The SMILES string of the molecule is O=C(Nc1ccccc1)C1CCn2ccnc2C1. The van der Waals surface area contributed by atoms with Gasteiger partial charge in [0.1, 0.15) is 5.82 Å². The van der Waals surface area contributed by atoms with Gasteiger partial charge in [0, 0.05) is 37.0 Å². The van der Waals surface area contributed by atoms with Gasteiger partial charge in [-0.15, -0.1) is 0 Å². The molecule has 0 aliphatic carbocycles. The standard InChI is InChI=1S/C14H15N3O/c18-14(16-12-4-2-1-3-5-12)11-6-8-17-9-7-15-13(17)10-11/h1-5,7,9,11H,6,8,10H2,(H,16,18). The van der Waals surface area contributed by atoms with E-state index in [-0.39, 0.29) is 11.8 Å². The zero-order valence-corrected chi connectivity index (χ0v) is 10.0. The molecule has 1 amide bonds. The minimum absolute atomic E-state index is 0.0279. The number of nitrogens with one attached hydrogen (secondary N) is 1. The molecule has 1 aromatic heterocycles. The van der Waals surface area contributed by atoms with Crippen molar-refractivity contribution in [2.24, 2.45) is 5.92 Å². The first-order valence-electron chi connectivity index (χ1n) is 6.19. The summed E-state index contributed by atoms with van der Waals surface area (Å²) >= 11 is 0. The van der Waals surface area contributed by atoms with E-state index in [2.05, 4.69) is 14.9 Å². The molecule has 1 aliphatic heterocycles. The Morgan fingerprint density at radius 3 is 3.00 bits per heavy atom. The number of carbonyl (C=O) groups is 1. The molecule has 0 saturated carbocycles. The summed E-state index contributed by atoms with van der Waals surface area (Å²) in [5.74, 6) is 1.13. The van der Waals surface area contributed by atoms with Crippen molar-refractivity contribution in [3.05, 3.63) is 48.5 Å². The lowest BCUT2D eigenvalue weighted by molar-refractivity contribution is -0.120. The molecule has 0 saturated heterocycles. The molecule has 2 aromatic rings. The molecule has 0 fully saturated rings. The molecule has 0 spiro atoms. The summed E-state index contributed by atoms with van der Waals surface area (Å²) in [6.45, 7) is 0.877. The third kappa shape index (κ3) is 2.14. The van der Waals surface area contributed by atoms with E-state index in [1.165, 1.54) is 0 Å². The number of rotatable bonds is 2. The monoisotopic (exact) mass is 241 g/mol. The second kappa shape index (κ2) is 4.64. The Balaban J connectivity index is 1.68. The molecule has 1 atom stereocenters. The summed E-state index contributed by atoms with van der Waals surface area (Å²) in [4.78, 5) is 16.4. The lowest BCUT2D eigenvalue weighted by Gasteiger charge is -2.22. The van der Waals surface area contributed by atoms with E-state index in [1.807, 2.05) is 36.5 Å². The fourth-order valence-corrected chi connectivity index (χ4v) is 2.34. The molecule has 1 unspecified atom stereocenters. The van der Waals surface area contributed by atoms with Gasteiger partial charge in [-0.25, -0.2) is 4.98 Å². The number of amides is 1. The molecule has 0 radical (unpaired) electrons. The second-order valence-corrected chi connectivity index (χ2v) is 4.58. The van der Waals surface area contributed by atoms with E-state index < -0.39 is 0 Å². The van der Waals surface area contributed by atoms with Crippen LogP contribution in [0.3, 0.4) is 0 Å². The van der Waals surface area contributed by atoms with Gasteiger partial charge in [0.05, 0.1) is 0 Å². The minimum Gasteiger partial charge on any atom is -0.335 e. The van der Waals surface area contributed by atoms with Gasteiger partial charge in [-0.3, -0.25) is 4.79 Å². The molecule has 4 nitrogen and oxygen atoms in total. The Morgan fingerprint density at radius 2 is 2.17 bits per heavy atom. The first-order chi connectivity index (χ1) is 8.83. The van der Waals surface area contributed by atoms with Crippen molar-refractivity contribution in [3.8, 4) is 0 Å². The molecule has 2 heterocycles. The Bertz CT molecular complexity index is 547. The summed E-state index contributed by atoms with van der Waals surface area (Å²) < 4.78 is 2.12. The topological polar surface area (TPSA) is 46.9 Å². The highest BCUT2D eigenvalue weighted by molar-refractivity contribution is 5.92. The number of fused-ring (bicyclic) bond motifs is 1. The molecule has 3 rings (SSSR count). The van der Waals surface area contributed by atoms with Crippen LogP contribution in [0.1, 0.15) is 12.2 Å². The highest BCUT2D eigenvalue weighted by Crippen LogP contribution is 2.20. The molecule has 92 valence electrons. The molecule has 1 N–H and O–H groups in total. The van der Waals surface area contributed by atoms with Crippen molar-refractivity contribution in [2.45, 2.75) is 19.4 Å². The normalized spacial score (nSPS) is 18.1. The Hall–Kier alpha value is -2.10. The van der Waals surface area contributed by atoms with Gasteiger partial charge in [-0.1, -0.05) is 18.2 Å². The van der Waals surface area contributed by atoms with Crippen LogP contribution < -0.4 is 5.32 Å². The van der Waals surface area contributed by atoms with E-state index in [9.17, 15) is 4.79 Å². The molecule has 0 bridgehead atoms. The second-order valence-electron chi connectivity index (χ2n) is 4.58. The quantitative estimate of drug-likeness (QED) is 0.875. The van der Waals surface area contributed by atoms with Gasteiger partial charge in [0.15, 0.2) is 0 Å². The average molecular weight is 241 g/mol. The zero-order chi connectivity index (χ0) is 12.4. The molecule has 1 aliphatic rings. The number of hydrogen-bond donors (Lipinski definition) is 1. The van der Waals surface area contributed by atoms with Gasteiger partial charge < -0.3 is 9.88 Å². The highest BCUT2D eigenvalue weighted by Gasteiger charge is 2.25. The number of hydrogen-bond acceptors (Lipinski definition) is 2. The van der Waals surface area contributed by atoms with E-state index in [0.29, 0.717) is 0 Å². The number of imidazole rings is 1. The summed E-state index contributed by atoms with van der Waals surface area (Å²) in [6.07, 6.45) is 5.38. The smallest absolute Gasteiger partial charge is 0.228 e. The molecule has 1 aromatic carbocycles. The fourth-order valence-electron chi connectivity index (χ4n) is 2.34. The summed E-state index contributed by atoms with van der Waals surface area (Å²) in [5, 5.41) is 2.96. The Labute approximate surface area is 106 Å². The molecular weight excluding hydrogens is 226 g/mol. The molecule has 4 heteroatoms. The van der Waals surface area contributed by atoms with E-state index >= 15 is 0 Å². The lowest BCUT2D eigenvalue weighted by Crippen LogP contribution is -2.30. The molecule has 18 heavy (non-hydrogen) atoms. The number of nitrogens with zero attached hydrogens (tertiary/aromatic N) is 2. The van der Waals surface area contributed by atoms with E-state index in [1.54, 1.807) is 6.20 Å². The van der Waals surface area contributed by atoms with Crippen molar-refractivity contribution in [2.75, 3.05) is 5.32 Å². The number of aryl methyl sites for hydroxylation is 1. The molecular formula is C14H15N3O. The van der Waals surface area contributed by atoms with Crippen molar-refractivity contribution < 1.29 is 4.79 Å². The van der Waals surface area contributed by atoms with Crippen LogP contribution in [-0.4, -0.2) is 15.5 Å². The minimum atomic E-state index is 0.0279. The van der Waals surface area contributed by atoms with Crippen molar-refractivity contribution in [1.82, 2.24) is 9.55 Å². The zero-order valence-electron chi connectivity index (χ0n) is 10.0. The maximum absolute atomic E-state index is 12.2. The average Bonchev–Trinajstić information content (AvgIpc) is 2.87. The summed E-state index contributed by atoms with van der Waals surface area (Å²) in [5.41, 5.74) is 0.858. The van der Waals surface area contributed by atoms with Crippen molar-refractivity contribution in [1.29, 1.82) is 0 Å². The van der Waals surface area contributed by atoms with Crippen LogP contribution in [0.15, 0.2) is 42.7 Å². The van der Waals surface area contributed by atoms with Gasteiger partial charge in [-0.2, -0.15) is 0 Å². The summed E-state index contributed by atoms with van der Waals surface area (Å²) in [7, 11) is 0. The van der Waals surface area contributed by atoms with Crippen LogP contribution in [-0.2, 0) is 17.8 Å². The number of benzene rings is 1. The highest BCUT2D eigenvalue weighted by atomic mass is 16.1. The third-order valence-electron chi connectivity index (χ3n) is 3.36. The first-order valence-corrected chi connectivity index (χ1v) is 6.19. The Morgan fingerprint density at radius 1 is 1.33 bits per heavy atom. The van der Waals surface area contributed by atoms with Gasteiger partial charge in [-0.05, 0) is 18.6 Å². The lowest BCUT2D eigenvalue weighted by atomic mass is 9.97. The van der Waals surface area contributed by atoms with Crippen molar-refractivity contribution >= 4 is 11.6 Å². The van der Waals surface area contributed by atoms with Crippen LogP contribution in [0, 0.1) is 5.92 Å². The van der Waals surface area contributed by atoms with Crippen LogP contribution in [0.25, 0.3) is 0 Å². The largest absolute Gasteiger partial charge is 0.335 e. The van der Waals surface area contributed by atoms with Gasteiger partial charge >= 0.3 is 0 Å². The number of carbonyl (C=O) groups excluding carboxylic acids is 1. The predicted molar refractivity (Wildman–Crippen MR) is 69.1 cm³/mol. The first kappa shape index (κ1) is 11.0. The summed E-state index contributed by atoms with van der Waals surface area (Å²) in [6, 6.07) is 9.59. The van der Waals surface area contributed by atoms with Gasteiger partial charge in [0.2, 0.25) is 5.91 Å². The Kier molecular flexibility index (Phi) is 2.84. The predicted octanol–water partition coefficient (Wildman–Crippen LogP) is 2.08. The van der Waals surface area contributed by atoms with Crippen LogP contribution >= 0.6 is 0 Å². The number of aromatic nitrogens is 2.